The van der Waals surface area contributed by atoms with Crippen LogP contribution in [0.1, 0.15) is 12.5 Å². The standard InChI is InChI=1S/C9H9ClF3N2O/c1-5(14)4-16-8-7(10)2-6(3-15-8)9(11,12)13/h2-3,5,14H,4H2,1H3/q-1. The van der Waals surface area contributed by atoms with Gasteiger partial charge in [-0.15, -0.1) is 6.04 Å². The molecule has 0 saturated carbocycles. The van der Waals surface area contributed by atoms with Crippen molar-refractivity contribution in [2.24, 2.45) is 0 Å². The molecule has 90 valence electrons. The average molecular weight is 254 g/mol. The Kier molecular flexibility index (Phi) is 3.98. The highest BCUT2D eigenvalue weighted by molar-refractivity contribution is 6.31. The number of hydrogen-bond donors (Lipinski definition) is 0. The lowest BCUT2D eigenvalue weighted by atomic mass is 10.3. The number of aromatic nitrogens is 1. The van der Waals surface area contributed by atoms with Gasteiger partial charge in [0.2, 0.25) is 5.88 Å². The summed E-state index contributed by atoms with van der Waals surface area (Å²) in [5, 5.41) is -0.213. The largest absolute Gasteiger partial charge is 0.672 e. The van der Waals surface area contributed by atoms with Gasteiger partial charge in [-0.2, -0.15) is 13.2 Å². The van der Waals surface area contributed by atoms with Crippen molar-refractivity contribution in [2.45, 2.75) is 19.1 Å². The number of alkyl halides is 3. The highest BCUT2D eigenvalue weighted by atomic mass is 35.5. The average Bonchev–Trinajstić information content (AvgIpc) is 2.14. The molecule has 1 N–H and O–H groups in total. The van der Waals surface area contributed by atoms with E-state index in [9.17, 15) is 13.2 Å². The second kappa shape index (κ2) is 4.88. The second-order valence-electron chi connectivity index (χ2n) is 3.22. The van der Waals surface area contributed by atoms with Gasteiger partial charge in [-0.1, -0.05) is 18.5 Å². The van der Waals surface area contributed by atoms with Crippen LogP contribution in [0.2, 0.25) is 5.02 Å². The molecule has 0 amide bonds. The molecule has 0 aliphatic carbocycles. The molecule has 1 unspecified atom stereocenters. The van der Waals surface area contributed by atoms with Crippen LogP contribution in [0, 0.1) is 0 Å². The lowest BCUT2D eigenvalue weighted by Gasteiger charge is -2.15. The maximum Gasteiger partial charge on any atom is 0.417 e. The summed E-state index contributed by atoms with van der Waals surface area (Å²) < 4.78 is 41.7. The summed E-state index contributed by atoms with van der Waals surface area (Å²) >= 11 is 5.57. The number of nitrogens with zero attached hydrogens (tertiary/aromatic N) is 1. The zero-order chi connectivity index (χ0) is 12.3. The number of nitrogens with one attached hydrogen (secondary N) is 1. The fourth-order valence-electron chi connectivity index (χ4n) is 0.891. The summed E-state index contributed by atoms with van der Waals surface area (Å²) in [7, 11) is 0. The van der Waals surface area contributed by atoms with E-state index in [0.717, 1.165) is 6.07 Å². The van der Waals surface area contributed by atoms with Crippen LogP contribution >= 0.6 is 11.6 Å². The van der Waals surface area contributed by atoms with Gasteiger partial charge in [0, 0.05) is 6.20 Å². The molecule has 0 saturated heterocycles. The first-order chi connectivity index (χ1) is 7.30. The second-order valence-corrected chi connectivity index (χ2v) is 3.63. The van der Waals surface area contributed by atoms with Crippen molar-refractivity contribution in [2.75, 3.05) is 6.61 Å². The van der Waals surface area contributed by atoms with Crippen LogP contribution in [0.4, 0.5) is 13.2 Å². The predicted molar refractivity (Wildman–Crippen MR) is 53.5 cm³/mol. The first kappa shape index (κ1) is 13.1. The van der Waals surface area contributed by atoms with E-state index < -0.39 is 17.8 Å². The molecule has 0 aliphatic heterocycles. The minimum Gasteiger partial charge on any atom is -0.672 e. The van der Waals surface area contributed by atoms with Crippen LogP contribution in [0.25, 0.3) is 5.73 Å². The molecule has 0 fully saturated rings. The first-order valence-corrected chi connectivity index (χ1v) is 4.75. The predicted octanol–water partition coefficient (Wildman–Crippen LogP) is 3.57. The van der Waals surface area contributed by atoms with Gasteiger partial charge < -0.3 is 10.5 Å². The van der Waals surface area contributed by atoms with Gasteiger partial charge in [0.25, 0.3) is 0 Å². The Labute approximate surface area is 95.4 Å². The molecule has 0 spiro atoms. The molecule has 0 bridgehead atoms. The van der Waals surface area contributed by atoms with E-state index in [2.05, 4.69) is 4.98 Å². The quantitative estimate of drug-likeness (QED) is 0.827. The third-order valence-corrected chi connectivity index (χ3v) is 1.88. The molecule has 0 aliphatic rings. The zero-order valence-electron chi connectivity index (χ0n) is 8.31. The van der Waals surface area contributed by atoms with Crippen molar-refractivity contribution in [3.63, 3.8) is 0 Å². The minimum absolute atomic E-state index is 0.0259. The molecule has 0 radical (unpaired) electrons. The van der Waals surface area contributed by atoms with E-state index in [1.54, 1.807) is 6.92 Å². The van der Waals surface area contributed by atoms with Crippen LogP contribution in [-0.4, -0.2) is 17.6 Å². The highest BCUT2D eigenvalue weighted by Crippen LogP contribution is 2.33. The van der Waals surface area contributed by atoms with Gasteiger partial charge in [-0.05, 0) is 6.07 Å². The molecule has 7 heteroatoms. The van der Waals surface area contributed by atoms with Crippen LogP contribution < -0.4 is 4.74 Å². The van der Waals surface area contributed by atoms with Crippen LogP contribution in [0.5, 0.6) is 5.88 Å². The maximum absolute atomic E-state index is 12.2. The SMILES string of the molecule is CC([NH-])COc1ncc(C(F)(F)F)cc1Cl. The Balaban J connectivity index is 2.84. The normalized spacial score (nSPS) is 13.6. The smallest absolute Gasteiger partial charge is 0.417 e. The number of hydrogen-bond acceptors (Lipinski definition) is 2. The van der Waals surface area contributed by atoms with Crippen LogP contribution in [0.3, 0.4) is 0 Å². The van der Waals surface area contributed by atoms with E-state index >= 15 is 0 Å². The third kappa shape index (κ3) is 3.53. The number of ether oxygens (including phenoxy) is 1. The Morgan fingerprint density at radius 1 is 1.56 bits per heavy atom. The monoisotopic (exact) mass is 253 g/mol. The molecule has 3 nitrogen and oxygen atoms in total. The molecule has 1 atom stereocenters. The number of halogens is 4. The lowest BCUT2D eigenvalue weighted by molar-refractivity contribution is -0.137. The Morgan fingerprint density at radius 2 is 2.19 bits per heavy atom. The summed E-state index contributed by atoms with van der Waals surface area (Å²) in [6.07, 6.45) is -3.83. The first-order valence-electron chi connectivity index (χ1n) is 4.37. The van der Waals surface area contributed by atoms with Gasteiger partial charge in [0.15, 0.2) is 0 Å². The van der Waals surface area contributed by atoms with Crippen molar-refractivity contribution in [1.29, 1.82) is 0 Å². The Morgan fingerprint density at radius 3 is 2.62 bits per heavy atom. The molecule has 1 rings (SSSR count). The number of rotatable bonds is 3. The Hall–Kier alpha value is -1.01. The van der Waals surface area contributed by atoms with E-state index in [0.29, 0.717) is 6.20 Å². The topological polar surface area (TPSA) is 45.9 Å². The van der Waals surface area contributed by atoms with Crippen LogP contribution in [-0.2, 0) is 6.18 Å². The summed E-state index contributed by atoms with van der Waals surface area (Å²) in [6.45, 7) is 1.61. The summed E-state index contributed by atoms with van der Waals surface area (Å²) in [4.78, 5) is 3.46. The number of pyridine rings is 1. The van der Waals surface area contributed by atoms with Crippen molar-refractivity contribution < 1.29 is 17.9 Å². The van der Waals surface area contributed by atoms with E-state index in [4.69, 9.17) is 22.1 Å². The molecule has 16 heavy (non-hydrogen) atoms. The maximum atomic E-state index is 12.2. The van der Waals surface area contributed by atoms with Gasteiger partial charge >= 0.3 is 6.18 Å². The summed E-state index contributed by atoms with van der Waals surface area (Å²) in [5.74, 6) is -0.0891. The molecule has 1 aromatic heterocycles. The molecular weight excluding hydrogens is 245 g/mol. The van der Waals surface area contributed by atoms with Gasteiger partial charge in [-0.25, -0.2) is 4.98 Å². The van der Waals surface area contributed by atoms with E-state index in [-0.39, 0.29) is 17.5 Å². The fraction of sp³-hybridized carbons (Fsp3) is 0.444. The summed E-state index contributed by atoms with van der Waals surface area (Å²) in [5.41, 5.74) is 6.24. The molecule has 1 aromatic rings. The molecular formula is C9H9ClF3N2O-. The van der Waals surface area contributed by atoms with Gasteiger partial charge in [-0.3, -0.25) is 0 Å². The lowest BCUT2D eigenvalue weighted by Crippen LogP contribution is -2.11. The van der Waals surface area contributed by atoms with Gasteiger partial charge in [0.1, 0.15) is 5.02 Å². The highest BCUT2D eigenvalue weighted by Gasteiger charge is 2.31. The van der Waals surface area contributed by atoms with Crippen molar-refractivity contribution >= 4 is 11.6 Å². The van der Waals surface area contributed by atoms with Crippen molar-refractivity contribution in [3.05, 3.63) is 28.6 Å². The van der Waals surface area contributed by atoms with E-state index in [1.165, 1.54) is 0 Å². The van der Waals surface area contributed by atoms with Crippen molar-refractivity contribution in [3.8, 4) is 5.88 Å². The Bertz CT molecular complexity index is 368. The van der Waals surface area contributed by atoms with Gasteiger partial charge in [0.05, 0.1) is 12.2 Å². The minimum atomic E-state index is -4.47. The molecule has 0 aromatic carbocycles. The van der Waals surface area contributed by atoms with Crippen LogP contribution in [0.15, 0.2) is 12.3 Å². The van der Waals surface area contributed by atoms with Crippen molar-refractivity contribution in [1.82, 2.24) is 4.98 Å². The van der Waals surface area contributed by atoms with E-state index in [1.807, 2.05) is 0 Å². The zero-order valence-corrected chi connectivity index (χ0v) is 9.06. The third-order valence-electron chi connectivity index (χ3n) is 1.60. The fourth-order valence-corrected chi connectivity index (χ4v) is 1.11. The molecule has 1 heterocycles. The summed E-state index contributed by atoms with van der Waals surface area (Å²) in [6, 6.07) is 0.249.